The van der Waals surface area contributed by atoms with E-state index in [1.165, 1.54) is 0 Å². The Hall–Kier alpha value is -2.12. The Labute approximate surface area is 198 Å². The first-order valence-electron chi connectivity index (χ1n) is 8.66. The Morgan fingerprint density at radius 2 is 0.974 bits per heavy atom. The van der Waals surface area contributed by atoms with Crippen molar-refractivity contribution in [2.24, 2.45) is 0 Å². The Balaban J connectivity index is 3.47. The number of benzene rings is 1. The van der Waals surface area contributed by atoms with E-state index in [4.69, 9.17) is 0 Å². The van der Waals surface area contributed by atoms with Crippen molar-refractivity contribution in [2.45, 2.75) is 47.9 Å². The summed E-state index contributed by atoms with van der Waals surface area (Å²) in [5.74, 6) is -55.9. The summed E-state index contributed by atoms with van der Waals surface area (Å²) in [6, 6.07) is -1.90. The maximum Gasteiger partial charge on any atom is 0.460 e. The lowest BCUT2D eigenvalue weighted by Gasteiger charge is -2.42. The molecular formula is C16H6F17O4P-2. The molecule has 0 atom stereocenters. The van der Waals surface area contributed by atoms with Crippen LogP contribution in [0.3, 0.4) is 0 Å². The van der Waals surface area contributed by atoms with E-state index in [0.717, 1.165) is 0 Å². The fraction of sp³-hybridized carbons (Fsp3) is 0.500. The minimum atomic E-state index is -8.69. The van der Waals surface area contributed by atoms with Crippen molar-refractivity contribution in [3.63, 3.8) is 0 Å². The van der Waals surface area contributed by atoms with Crippen molar-refractivity contribution in [3.8, 4) is 5.75 Å². The van der Waals surface area contributed by atoms with Gasteiger partial charge in [-0.2, -0.15) is 82.6 Å². The van der Waals surface area contributed by atoms with Crippen molar-refractivity contribution in [3.05, 3.63) is 41.7 Å². The van der Waals surface area contributed by atoms with E-state index < -0.39 is 79.0 Å². The van der Waals surface area contributed by atoms with Crippen LogP contribution < -0.4 is 19.4 Å². The maximum absolute atomic E-state index is 13.7. The van der Waals surface area contributed by atoms with Crippen LogP contribution in [0.5, 0.6) is 5.75 Å². The average Bonchev–Trinajstić information content (AvgIpc) is 2.71. The zero-order chi connectivity index (χ0) is 30.6. The van der Waals surface area contributed by atoms with E-state index in [9.17, 15) is 89.3 Å². The summed E-state index contributed by atoms with van der Waals surface area (Å²) in [7, 11) is -5.21. The summed E-state index contributed by atoms with van der Waals surface area (Å²) in [5.41, 5.74) is -0.411. The van der Waals surface area contributed by atoms with Crippen LogP contribution >= 0.6 is 7.94 Å². The largest absolute Gasteiger partial charge is 0.687 e. The van der Waals surface area contributed by atoms with Crippen LogP contribution in [0.1, 0.15) is 5.56 Å². The van der Waals surface area contributed by atoms with Gasteiger partial charge in [-0.3, -0.25) is 0 Å². The number of alkyl halides is 15. The highest BCUT2D eigenvalue weighted by Gasteiger charge is 2.93. The zero-order valence-electron chi connectivity index (χ0n) is 17.0. The van der Waals surface area contributed by atoms with Gasteiger partial charge in [0.2, 0.25) is 5.83 Å². The van der Waals surface area contributed by atoms with Gasteiger partial charge >= 0.3 is 47.7 Å². The van der Waals surface area contributed by atoms with Crippen LogP contribution in [0.15, 0.2) is 36.1 Å². The van der Waals surface area contributed by atoms with Gasteiger partial charge < -0.3 is 19.4 Å². The summed E-state index contributed by atoms with van der Waals surface area (Å²) in [4.78, 5) is 31.8. The highest BCUT2D eigenvalue weighted by molar-refractivity contribution is 7.53. The van der Waals surface area contributed by atoms with Crippen LogP contribution in [0.4, 0.5) is 74.6 Å². The standard InChI is InChI=1S/C16H8F17O4P/c17-8(9(18)37-7-3-1-6(2-4-7)5-38(34,35)36)10(19,20)11(21,22)12(23,24)13(25,26)14(27,28)15(29,30)16(31,32)33/h1-4H,5H2,(H2,34,35,36)/p-2/b9-8-. The first-order chi connectivity index (χ1) is 16.5. The number of allylic oxidation sites excluding steroid dienone is 1. The van der Waals surface area contributed by atoms with E-state index in [2.05, 4.69) is 4.74 Å². The van der Waals surface area contributed by atoms with Crippen molar-refractivity contribution in [1.29, 1.82) is 0 Å². The van der Waals surface area contributed by atoms with E-state index in [1.807, 2.05) is 0 Å². The predicted octanol–water partition coefficient (Wildman–Crippen LogP) is 4.89. The summed E-state index contributed by atoms with van der Waals surface area (Å²) < 4.78 is 227. The number of hydrogen-bond acceptors (Lipinski definition) is 4. The summed E-state index contributed by atoms with van der Waals surface area (Å²) >= 11 is 0. The molecule has 22 heteroatoms. The topological polar surface area (TPSA) is 78.4 Å². The minimum Gasteiger partial charge on any atom is -0.687 e. The van der Waals surface area contributed by atoms with Crippen LogP contribution in [-0.2, 0) is 6.16 Å². The fourth-order valence-corrected chi connectivity index (χ4v) is 2.92. The molecule has 0 radical (unpaired) electrons. The predicted molar refractivity (Wildman–Crippen MR) is 82.7 cm³/mol. The molecule has 0 saturated heterocycles. The molecule has 1 aromatic carbocycles. The van der Waals surface area contributed by atoms with Crippen molar-refractivity contribution in [2.75, 3.05) is 0 Å². The lowest BCUT2D eigenvalue weighted by atomic mass is 9.91. The molecule has 1 aromatic rings. The highest BCUT2D eigenvalue weighted by Crippen LogP contribution is 2.63. The van der Waals surface area contributed by atoms with Gasteiger partial charge in [0.25, 0.3) is 0 Å². The lowest BCUT2D eigenvalue weighted by Crippen LogP contribution is -2.72. The average molecular weight is 616 g/mol. The number of ether oxygens (including phenoxy) is 1. The van der Waals surface area contributed by atoms with Gasteiger partial charge in [0.05, 0.1) is 6.16 Å². The number of hydrogen-bond donors (Lipinski definition) is 0. The summed E-state index contributed by atoms with van der Waals surface area (Å²) in [6.07, 6.45) is -9.04. The van der Waals surface area contributed by atoms with Crippen LogP contribution in [0, 0.1) is 0 Å². The molecule has 0 aliphatic heterocycles. The third-order valence-corrected chi connectivity index (χ3v) is 5.04. The van der Waals surface area contributed by atoms with Gasteiger partial charge in [-0.15, -0.1) is 0 Å². The van der Waals surface area contributed by atoms with Gasteiger partial charge in [0.1, 0.15) is 5.75 Å². The van der Waals surface area contributed by atoms with E-state index >= 15 is 0 Å². The molecule has 220 valence electrons. The molecule has 0 aliphatic rings. The third kappa shape index (κ3) is 5.60. The molecule has 0 aromatic heterocycles. The second-order valence-electron chi connectivity index (χ2n) is 7.05. The molecule has 1 rings (SSSR count). The molecule has 0 spiro atoms. The molecule has 0 unspecified atom stereocenters. The monoisotopic (exact) mass is 616 g/mol. The Bertz CT molecular complexity index is 1030. The van der Waals surface area contributed by atoms with E-state index in [1.54, 1.807) is 0 Å². The smallest absolute Gasteiger partial charge is 0.460 e. The fourth-order valence-electron chi connectivity index (χ4n) is 2.26. The molecule has 0 bridgehead atoms. The SMILES string of the molecule is [O-][P+]([O-])([O-])Cc1ccc(O/C(F)=C(\F)C(F)(F)C(F)(F)C(F)(F)C(F)(F)C(F)(F)C(F)(F)C(F)(F)F)cc1. The molecular weight excluding hydrogens is 610 g/mol. The second-order valence-corrected chi connectivity index (χ2v) is 8.58. The normalized spacial score (nSPS) is 15.9. The number of halogens is 17. The van der Waals surface area contributed by atoms with Crippen molar-refractivity contribution < 1.29 is 94.1 Å². The quantitative estimate of drug-likeness (QED) is 0.213. The van der Waals surface area contributed by atoms with Crippen LogP contribution in [0.2, 0.25) is 0 Å². The van der Waals surface area contributed by atoms with Gasteiger partial charge in [-0.1, -0.05) is 12.1 Å². The Morgan fingerprint density at radius 3 is 1.34 bits per heavy atom. The van der Waals surface area contributed by atoms with Crippen LogP contribution in [-0.4, -0.2) is 41.7 Å². The molecule has 0 fully saturated rings. The van der Waals surface area contributed by atoms with E-state index in [-0.39, 0.29) is 0 Å². The molecule has 0 amide bonds. The first kappa shape index (κ1) is 33.9. The van der Waals surface area contributed by atoms with Gasteiger partial charge in [-0.25, -0.2) is 0 Å². The lowest BCUT2D eigenvalue weighted by molar-refractivity contribution is -0.451. The van der Waals surface area contributed by atoms with Crippen molar-refractivity contribution >= 4 is 7.94 Å². The Kier molecular flexibility index (Phi) is 8.75. The molecule has 0 heterocycles. The molecule has 0 aliphatic carbocycles. The zero-order valence-corrected chi connectivity index (χ0v) is 17.9. The highest BCUT2D eigenvalue weighted by atomic mass is 31.2. The van der Waals surface area contributed by atoms with Gasteiger partial charge in [-0.05, 0) is 17.7 Å². The molecule has 0 N–H and O–H groups in total. The van der Waals surface area contributed by atoms with Crippen molar-refractivity contribution in [1.82, 2.24) is 0 Å². The second kappa shape index (κ2) is 9.81. The summed E-state index contributed by atoms with van der Waals surface area (Å²) in [5, 5.41) is 0. The minimum absolute atomic E-state index is 0.330. The third-order valence-electron chi connectivity index (χ3n) is 4.28. The van der Waals surface area contributed by atoms with Gasteiger partial charge in [0.15, 0.2) is 0 Å². The molecule has 4 nitrogen and oxygen atoms in total. The van der Waals surface area contributed by atoms with E-state index in [0.29, 0.717) is 24.3 Å². The number of rotatable bonds is 10. The Morgan fingerprint density at radius 1 is 0.605 bits per heavy atom. The van der Waals surface area contributed by atoms with Crippen LogP contribution in [0.25, 0.3) is 0 Å². The first-order valence-corrected chi connectivity index (χ1v) is 10.4. The summed E-state index contributed by atoms with van der Waals surface area (Å²) in [6.45, 7) is 0. The molecule has 38 heavy (non-hydrogen) atoms. The van der Waals surface area contributed by atoms with Gasteiger partial charge in [0, 0.05) is 0 Å². The molecule has 0 saturated carbocycles. The maximum atomic E-state index is 13.7.